The Morgan fingerprint density at radius 3 is 2.59 bits per heavy atom. The molecule has 0 saturated carbocycles. The summed E-state index contributed by atoms with van der Waals surface area (Å²) in [6, 6.07) is 16.2. The number of halogens is 1. The second kappa shape index (κ2) is 8.71. The SMILES string of the molecule is Cc1cc(NC(=O)CCNCCc2ccccc2)ccc1Br. The number of benzene rings is 2. The van der Waals surface area contributed by atoms with Gasteiger partial charge < -0.3 is 10.6 Å². The highest BCUT2D eigenvalue weighted by molar-refractivity contribution is 9.10. The zero-order valence-electron chi connectivity index (χ0n) is 12.7. The summed E-state index contributed by atoms with van der Waals surface area (Å²) in [6.45, 7) is 3.58. The van der Waals surface area contributed by atoms with Crippen molar-refractivity contribution in [3.63, 3.8) is 0 Å². The van der Waals surface area contributed by atoms with Crippen LogP contribution in [0.5, 0.6) is 0 Å². The minimum atomic E-state index is 0.0360. The van der Waals surface area contributed by atoms with Crippen molar-refractivity contribution in [2.24, 2.45) is 0 Å². The minimum absolute atomic E-state index is 0.0360. The van der Waals surface area contributed by atoms with Gasteiger partial charge in [-0.25, -0.2) is 0 Å². The largest absolute Gasteiger partial charge is 0.326 e. The molecule has 2 aromatic rings. The average molecular weight is 361 g/mol. The Bertz CT molecular complexity index is 614. The van der Waals surface area contributed by atoms with Gasteiger partial charge in [0.2, 0.25) is 5.91 Å². The van der Waals surface area contributed by atoms with Gasteiger partial charge in [0.25, 0.3) is 0 Å². The first-order valence-corrected chi connectivity index (χ1v) is 8.25. The van der Waals surface area contributed by atoms with Crippen LogP contribution in [-0.2, 0) is 11.2 Å². The maximum Gasteiger partial charge on any atom is 0.225 e. The van der Waals surface area contributed by atoms with E-state index in [0.717, 1.165) is 28.7 Å². The van der Waals surface area contributed by atoms with Crippen molar-refractivity contribution in [3.8, 4) is 0 Å². The zero-order chi connectivity index (χ0) is 15.8. The van der Waals surface area contributed by atoms with Crippen molar-refractivity contribution >= 4 is 27.5 Å². The summed E-state index contributed by atoms with van der Waals surface area (Å²) in [5.41, 5.74) is 3.26. The van der Waals surface area contributed by atoms with E-state index < -0.39 is 0 Å². The molecular weight excluding hydrogens is 340 g/mol. The summed E-state index contributed by atoms with van der Waals surface area (Å²) < 4.78 is 1.05. The summed E-state index contributed by atoms with van der Waals surface area (Å²) in [7, 11) is 0. The van der Waals surface area contributed by atoms with Crippen LogP contribution in [0.4, 0.5) is 5.69 Å². The normalized spacial score (nSPS) is 10.5. The second-order valence-electron chi connectivity index (χ2n) is 5.25. The fourth-order valence-corrected chi connectivity index (χ4v) is 2.40. The van der Waals surface area contributed by atoms with E-state index in [1.165, 1.54) is 5.56 Å². The highest BCUT2D eigenvalue weighted by Crippen LogP contribution is 2.19. The molecule has 22 heavy (non-hydrogen) atoms. The summed E-state index contributed by atoms with van der Waals surface area (Å²) in [6.07, 6.45) is 1.46. The first-order chi connectivity index (χ1) is 10.6. The number of hydrogen-bond donors (Lipinski definition) is 2. The lowest BCUT2D eigenvalue weighted by molar-refractivity contribution is -0.116. The lowest BCUT2D eigenvalue weighted by atomic mass is 10.1. The highest BCUT2D eigenvalue weighted by Gasteiger charge is 2.03. The van der Waals surface area contributed by atoms with Crippen molar-refractivity contribution in [2.75, 3.05) is 18.4 Å². The number of carbonyl (C=O) groups is 1. The molecule has 4 heteroatoms. The third kappa shape index (κ3) is 5.62. The monoisotopic (exact) mass is 360 g/mol. The summed E-state index contributed by atoms with van der Waals surface area (Å²) >= 11 is 3.45. The lowest BCUT2D eigenvalue weighted by Gasteiger charge is -2.08. The van der Waals surface area contributed by atoms with E-state index in [4.69, 9.17) is 0 Å². The van der Waals surface area contributed by atoms with Gasteiger partial charge in [0.1, 0.15) is 0 Å². The van der Waals surface area contributed by atoms with Gasteiger partial charge in [-0.05, 0) is 49.2 Å². The number of anilines is 1. The molecule has 0 aliphatic rings. The molecule has 0 aliphatic carbocycles. The van der Waals surface area contributed by atoms with Gasteiger partial charge in [0, 0.05) is 23.1 Å². The first kappa shape index (κ1) is 16.7. The van der Waals surface area contributed by atoms with Crippen LogP contribution in [0.25, 0.3) is 0 Å². The molecule has 0 aliphatic heterocycles. The van der Waals surface area contributed by atoms with E-state index >= 15 is 0 Å². The predicted molar refractivity (Wildman–Crippen MR) is 95.1 cm³/mol. The van der Waals surface area contributed by atoms with Crippen LogP contribution in [-0.4, -0.2) is 19.0 Å². The molecule has 2 rings (SSSR count). The van der Waals surface area contributed by atoms with E-state index in [-0.39, 0.29) is 5.91 Å². The van der Waals surface area contributed by atoms with Gasteiger partial charge in [-0.2, -0.15) is 0 Å². The number of amides is 1. The number of aryl methyl sites for hydroxylation is 1. The summed E-state index contributed by atoms with van der Waals surface area (Å²) in [5, 5.41) is 6.22. The Morgan fingerprint density at radius 1 is 1.09 bits per heavy atom. The molecule has 116 valence electrons. The molecule has 2 N–H and O–H groups in total. The van der Waals surface area contributed by atoms with Gasteiger partial charge in [-0.15, -0.1) is 0 Å². The van der Waals surface area contributed by atoms with E-state index in [2.05, 4.69) is 38.7 Å². The molecule has 0 unspecified atom stereocenters. The Hall–Kier alpha value is -1.65. The average Bonchev–Trinajstić information content (AvgIpc) is 2.52. The highest BCUT2D eigenvalue weighted by atomic mass is 79.9. The van der Waals surface area contributed by atoms with Crippen molar-refractivity contribution in [1.82, 2.24) is 5.32 Å². The number of hydrogen-bond acceptors (Lipinski definition) is 2. The molecule has 2 aromatic carbocycles. The Kier molecular flexibility index (Phi) is 6.62. The fraction of sp³-hybridized carbons (Fsp3) is 0.278. The molecule has 0 saturated heterocycles. The van der Waals surface area contributed by atoms with Crippen molar-refractivity contribution < 1.29 is 4.79 Å². The Morgan fingerprint density at radius 2 is 1.86 bits per heavy atom. The van der Waals surface area contributed by atoms with Crippen LogP contribution >= 0.6 is 15.9 Å². The topological polar surface area (TPSA) is 41.1 Å². The van der Waals surface area contributed by atoms with E-state index in [1.807, 2.05) is 43.3 Å². The maximum atomic E-state index is 11.9. The number of carbonyl (C=O) groups excluding carboxylic acids is 1. The standard InChI is InChI=1S/C18H21BrN2O/c1-14-13-16(7-8-17(14)19)21-18(22)10-12-20-11-9-15-5-3-2-4-6-15/h2-8,13,20H,9-12H2,1H3,(H,21,22). The molecule has 0 heterocycles. The van der Waals surface area contributed by atoms with E-state index in [9.17, 15) is 4.79 Å². The van der Waals surface area contributed by atoms with Crippen LogP contribution in [0.1, 0.15) is 17.5 Å². The molecule has 3 nitrogen and oxygen atoms in total. The van der Waals surface area contributed by atoms with Gasteiger partial charge in [-0.3, -0.25) is 4.79 Å². The Balaban J connectivity index is 1.64. The summed E-state index contributed by atoms with van der Waals surface area (Å²) in [4.78, 5) is 11.9. The maximum absolute atomic E-state index is 11.9. The molecule has 0 atom stereocenters. The third-order valence-corrected chi connectivity index (χ3v) is 4.29. The van der Waals surface area contributed by atoms with Crippen LogP contribution < -0.4 is 10.6 Å². The van der Waals surface area contributed by atoms with Crippen LogP contribution in [0.3, 0.4) is 0 Å². The van der Waals surface area contributed by atoms with Gasteiger partial charge in [0.15, 0.2) is 0 Å². The van der Waals surface area contributed by atoms with Crippen LogP contribution in [0, 0.1) is 6.92 Å². The molecule has 0 spiro atoms. The van der Waals surface area contributed by atoms with Crippen molar-refractivity contribution in [2.45, 2.75) is 19.8 Å². The van der Waals surface area contributed by atoms with E-state index in [1.54, 1.807) is 0 Å². The quantitative estimate of drug-likeness (QED) is 0.734. The minimum Gasteiger partial charge on any atom is -0.326 e. The first-order valence-electron chi connectivity index (χ1n) is 7.46. The van der Waals surface area contributed by atoms with Gasteiger partial charge in [-0.1, -0.05) is 46.3 Å². The zero-order valence-corrected chi connectivity index (χ0v) is 14.3. The van der Waals surface area contributed by atoms with Crippen LogP contribution in [0.2, 0.25) is 0 Å². The Labute approximate surface area is 140 Å². The molecule has 0 aromatic heterocycles. The molecule has 0 radical (unpaired) electrons. The predicted octanol–water partition coefficient (Wildman–Crippen LogP) is 3.92. The fourth-order valence-electron chi connectivity index (χ4n) is 2.15. The van der Waals surface area contributed by atoms with Crippen molar-refractivity contribution in [3.05, 3.63) is 64.1 Å². The van der Waals surface area contributed by atoms with Gasteiger partial charge in [0.05, 0.1) is 0 Å². The van der Waals surface area contributed by atoms with Crippen LogP contribution in [0.15, 0.2) is 53.0 Å². The van der Waals surface area contributed by atoms with E-state index in [0.29, 0.717) is 13.0 Å². The third-order valence-electron chi connectivity index (χ3n) is 3.40. The lowest BCUT2D eigenvalue weighted by Crippen LogP contribution is -2.23. The summed E-state index contributed by atoms with van der Waals surface area (Å²) in [5.74, 6) is 0.0360. The smallest absolute Gasteiger partial charge is 0.225 e. The second-order valence-corrected chi connectivity index (χ2v) is 6.10. The molecule has 0 bridgehead atoms. The molecule has 0 fully saturated rings. The molecule has 1 amide bonds. The molecular formula is C18H21BrN2O. The number of rotatable bonds is 7. The van der Waals surface area contributed by atoms with Crippen molar-refractivity contribution in [1.29, 1.82) is 0 Å². The van der Waals surface area contributed by atoms with Gasteiger partial charge >= 0.3 is 0 Å². The number of nitrogens with one attached hydrogen (secondary N) is 2.